The Morgan fingerprint density at radius 3 is 2.05 bits per heavy atom. The Balaban J connectivity index is 2.36. The molecule has 0 radical (unpaired) electrons. The van der Waals surface area contributed by atoms with E-state index in [1.807, 2.05) is 6.92 Å². The van der Waals surface area contributed by atoms with Crippen LogP contribution >= 0.6 is 22.6 Å². The lowest BCUT2D eigenvalue weighted by molar-refractivity contribution is 0.571. The molecule has 0 aromatic heterocycles. The first-order valence-electron chi connectivity index (χ1n) is 5.53. The molecule has 0 amide bonds. The van der Waals surface area contributed by atoms with Crippen molar-refractivity contribution in [1.29, 1.82) is 0 Å². The zero-order valence-electron chi connectivity index (χ0n) is 10.3. The van der Waals surface area contributed by atoms with Crippen molar-refractivity contribution in [3.05, 3.63) is 57.2 Å². The van der Waals surface area contributed by atoms with E-state index < -0.39 is 21.7 Å². The number of hydrogen-bond donors (Lipinski definition) is 1. The van der Waals surface area contributed by atoms with E-state index in [9.17, 15) is 17.2 Å². The maximum absolute atomic E-state index is 13.4. The van der Waals surface area contributed by atoms with Gasteiger partial charge in [-0.2, -0.15) is 0 Å². The summed E-state index contributed by atoms with van der Waals surface area (Å²) in [6, 6.07) is 8.02. The highest BCUT2D eigenvalue weighted by Crippen LogP contribution is 2.23. The third-order valence-corrected chi connectivity index (χ3v) is 5.00. The summed E-state index contributed by atoms with van der Waals surface area (Å²) < 4.78 is 52.9. The highest BCUT2D eigenvalue weighted by atomic mass is 127. The first kappa shape index (κ1) is 15.2. The van der Waals surface area contributed by atoms with Gasteiger partial charge in [0, 0.05) is 0 Å². The predicted molar refractivity (Wildman–Crippen MR) is 81.1 cm³/mol. The number of aryl methyl sites for hydroxylation is 1. The summed E-state index contributed by atoms with van der Waals surface area (Å²) in [6.07, 6.45) is 0. The first-order valence-corrected chi connectivity index (χ1v) is 8.10. The standard InChI is InChI=1S/C13H10F2INO2S/c1-8-2-4-10(5-3-8)20(18,19)17-9-6-11(14)13(16)12(15)7-9/h2-7,17H,1H3. The molecule has 0 atom stereocenters. The lowest BCUT2D eigenvalue weighted by atomic mass is 10.2. The summed E-state index contributed by atoms with van der Waals surface area (Å²) in [5.41, 5.74) is 0.760. The molecule has 2 aromatic carbocycles. The minimum absolute atomic E-state index is 0.0301. The van der Waals surface area contributed by atoms with Gasteiger partial charge in [-0.25, -0.2) is 17.2 Å². The molecule has 3 nitrogen and oxygen atoms in total. The van der Waals surface area contributed by atoms with Crippen molar-refractivity contribution in [1.82, 2.24) is 0 Å². The van der Waals surface area contributed by atoms with Gasteiger partial charge in [-0.1, -0.05) is 17.7 Å². The second-order valence-electron chi connectivity index (χ2n) is 4.17. The topological polar surface area (TPSA) is 46.2 Å². The van der Waals surface area contributed by atoms with E-state index in [-0.39, 0.29) is 14.2 Å². The van der Waals surface area contributed by atoms with Gasteiger partial charge in [-0.15, -0.1) is 0 Å². The van der Waals surface area contributed by atoms with Crippen LogP contribution < -0.4 is 4.72 Å². The van der Waals surface area contributed by atoms with Gasteiger partial charge >= 0.3 is 0 Å². The molecule has 0 fully saturated rings. The van der Waals surface area contributed by atoms with Crippen LogP contribution in [0.4, 0.5) is 14.5 Å². The number of benzene rings is 2. The largest absolute Gasteiger partial charge is 0.279 e. The van der Waals surface area contributed by atoms with Gasteiger partial charge in [-0.05, 0) is 53.8 Å². The lowest BCUT2D eigenvalue weighted by Crippen LogP contribution is -2.13. The van der Waals surface area contributed by atoms with Gasteiger partial charge in [0.15, 0.2) is 0 Å². The van der Waals surface area contributed by atoms with Crippen molar-refractivity contribution in [2.24, 2.45) is 0 Å². The average Bonchev–Trinajstić information content (AvgIpc) is 2.36. The smallest absolute Gasteiger partial charge is 0.261 e. The van der Waals surface area contributed by atoms with Crippen molar-refractivity contribution in [3.8, 4) is 0 Å². The zero-order chi connectivity index (χ0) is 14.9. The summed E-state index contributed by atoms with van der Waals surface area (Å²) in [7, 11) is -3.86. The van der Waals surface area contributed by atoms with Crippen molar-refractivity contribution in [2.75, 3.05) is 4.72 Å². The highest BCUT2D eigenvalue weighted by molar-refractivity contribution is 14.1. The first-order chi connectivity index (χ1) is 9.29. The molecule has 7 heteroatoms. The Morgan fingerprint density at radius 2 is 1.55 bits per heavy atom. The number of rotatable bonds is 3. The van der Waals surface area contributed by atoms with Crippen LogP contribution in [0, 0.1) is 22.1 Å². The Labute approximate surface area is 129 Å². The molecule has 1 N–H and O–H groups in total. The molecular weight excluding hydrogens is 399 g/mol. The van der Waals surface area contributed by atoms with Crippen LogP contribution in [0.2, 0.25) is 0 Å². The van der Waals surface area contributed by atoms with Gasteiger partial charge in [0.2, 0.25) is 0 Å². The molecular formula is C13H10F2INO2S. The second-order valence-corrected chi connectivity index (χ2v) is 6.93. The normalized spacial score (nSPS) is 11.4. The van der Waals surface area contributed by atoms with E-state index in [2.05, 4.69) is 4.72 Å². The number of anilines is 1. The number of sulfonamides is 1. The molecule has 106 valence electrons. The summed E-state index contributed by atoms with van der Waals surface area (Å²) in [5, 5.41) is 0. The van der Waals surface area contributed by atoms with Crippen LogP contribution in [0.5, 0.6) is 0 Å². The summed E-state index contributed by atoms with van der Waals surface area (Å²) in [5.74, 6) is -1.63. The monoisotopic (exact) mass is 409 g/mol. The van der Waals surface area contributed by atoms with E-state index in [0.29, 0.717) is 0 Å². The molecule has 0 bridgehead atoms. The van der Waals surface area contributed by atoms with Crippen molar-refractivity contribution >= 4 is 38.3 Å². The van der Waals surface area contributed by atoms with Gasteiger partial charge in [0.05, 0.1) is 14.2 Å². The van der Waals surface area contributed by atoms with Crippen LogP contribution in [0.1, 0.15) is 5.56 Å². The fourth-order valence-electron chi connectivity index (χ4n) is 1.55. The minimum atomic E-state index is -3.86. The number of hydrogen-bond acceptors (Lipinski definition) is 2. The van der Waals surface area contributed by atoms with Crippen LogP contribution in [-0.2, 0) is 10.0 Å². The fourth-order valence-corrected chi connectivity index (χ4v) is 2.90. The van der Waals surface area contributed by atoms with Crippen LogP contribution in [-0.4, -0.2) is 8.42 Å². The van der Waals surface area contributed by atoms with Crippen molar-refractivity contribution in [2.45, 2.75) is 11.8 Å². The summed E-state index contributed by atoms with van der Waals surface area (Å²) in [6.45, 7) is 1.83. The second kappa shape index (κ2) is 5.65. The van der Waals surface area contributed by atoms with Crippen LogP contribution in [0.15, 0.2) is 41.3 Å². The number of nitrogens with one attached hydrogen (secondary N) is 1. The molecule has 20 heavy (non-hydrogen) atoms. The van der Waals surface area contributed by atoms with Crippen molar-refractivity contribution < 1.29 is 17.2 Å². The van der Waals surface area contributed by atoms with E-state index in [4.69, 9.17) is 0 Å². The highest BCUT2D eigenvalue weighted by Gasteiger charge is 2.16. The van der Waals surface area contributed by atoms with Crippen molar-refractivity contribution in [3.63, 3.8) is 0 Å². The third-order valence-electron chi connectivity index (χ3n) is 2.57. The molecule has 0 saturated heterocycles. The van der Waals surface area contributed by atoms with E-state index >= 15 is 0 Å². The Morgan fingerprint density at radius 1 is 1.05 bits per heavy atom. The maximum Gasteiger partial charge on any atom is 0.261 e. The van der Waals surface area contributed by atoms with E-state index in [1.54, 1.807) is 12.1 Å². The van der Waals surface area contributed by atoms with Gasteiger partial charge < -0.3 is 0 Å². The lowest BCUT2D eigenvalue weighted by Gasteiger charge is -2.09. The molecule has 0 spiro atoms. The molecule has 0 heterocycles. The quantitative estimate of drug-likeness (QED) is 0.621. The number of halogens is 3. The van der Waals surface area contributed by atoms with E-state index in [1.165, 1.54) is 34.7 Å². The Bertz CT molecular complexity index is 722. The minimum Gasteiger partial charge on any atom is -0.279 e. The SMILES string of the molecule is Cc1ccc(S(=O)(=O)Nc2cc(F)c(I)c(F)c2)cc1. The van der Waals surface area contributed by atoms with Gasteiger partial charge in [-0.3, -0.25) is 4.72 Å². The Kier molecular flexibility index (Phi) is 4.28. The molecule has 0 aliphatic carbocycles. The molecule has 2 aromatic rings. The Hall–Kier alpha value is -1.22. The summed E-state index contributed by atoms with van der Waals surface area (Å²) >= 11 is 1.51. The average molecular weight is 409 g/mol. The fraction of sp³-hybridized carbons (Fsp3) is 0.0769. The predicted octanol–water partition coefficient (Wildman–Crippen LogP) is 3.68. The maximum atomic E-state index is 13.4. The molecule has 0 saturated carbocycles. The zero-order valence-corrected chi connectivity index (χ0v) is 13.3. The molecule has 0 unspecified atom stereocenters. The van der Waals surface area contributed by atoms with E-state index in [0.717, 1.165) is 17.7 Å². The van der Waals surface area contributed by atoms with Crippen LogP contribution in [0.25, 0.3) is 0 Å². The third kappa shape index (κ3) is 3.26. The molecule has 0 aliphatic rings. The molecule has 2 rings (SSSR count). The van der Waals surface area contributed by atoms with Gasteiger partial charge in [0.25, 0.3) is 10.0 Å². The van der Waals surface area contributed by atoms with Gasteiger partial charge in [0.1, 0.15) is 11.6 Å². The summed E-state index contributed by atoms with van der Waals surface area (Å²) in [4.78, 5) is 0.0301. The molecule has 0 aliphatic heterocycles. The van der Waals surface area contributed by atoms with Crippen LogP contribution in [0.3, 0.4) is 0 Å².